The van der Waals surface area contributed by atoms with Gasteiger partial charge in [0.15, 0.2) is 14.3 Å². The van der Waals surface area contributed by atoms with Crippen molar-refractivity contribution in [2.45, 2.75) is 184 Å². The highest BCUT2D eigenvalue weighted by Gasteiger charge is 2.44. The highest BCUT2D eigenvalue weighted by atomic mass is 127. The number of nitrogens with one attached hydrogen (secondary N) is 1. The van der Waals surface area contributed by atoms with Crippen LogP contribution in [0.3, 0.4) is 0 Å². The van der Waals surface area contributed by atoms with Crippen LogP contribution < -0.4 is 14.7 Å². The predicted molar refractivity (Wildman–Crippen MR) is 477 cm³/mol. The highest BCUT2D eigenvalue weighted by molar-refractivity contribution is 14.1. The van der Waals surface area contributed by atoms with E-state index in [2.05, 4.69) is 243 Å². The Labute approximate surface area is 721 Å². The van der Waals surface area contributed by atoms with E-state index in [1.54, 1.807) is 55.5 Å². The Balaban J connectivity index is 0.000000337. The first kappa shape index (κ1) is 98.3. The monoisotopic (exact) mass is 2210 g/mol. The molecule has 1 fully saturated rings. The maximum atomic E-state index is 12.9. The van der Waals surface area contributed by atoms with Crippen molar-refractivity contribution in [1.29, 1.82) is 0 Å². The second-order valence-corrected chi connectivity index (χ2v) is 38.9. The Morgan fingerprint density at radius 3 is 1.51 bits per heavy atom. The van der Waals surface area contributed by atoms with Crippen LogP contribution in [0.2, 0.25) is 0 Å². The normalized spacial score (nSPS) is 13.4. The van der Waals surface area contributed by atoms with Crippen LogP contribution in [0.1, 0.15) is 188 Å². The van der Waals surface area contributed by atoms with Crippen LogP contribution in [0.25, 0.3) is 25.1 Å². The number of aromatic hydroxyl groups is 2. The minimum Gasteiger partial charge on any atom is -0.871 e. The maximum absolute atomic E-state index is 12.9. The smallest absolute Gasteiger partial charge is 0.426 e. The lowest BCUT2D eigenvalue weighted by Crippen LogP contribution is -3.06. The van der Waals surface area contributed by atoms with Gasteiger partial charge in [0, 0.05) is 32.0 Å². The van der Waals surface area contributed by atoms with Crippen molar-refractivity contribution >= 4 is 200 Å². The average molecular weight is 2210 g/mol. The molecule has 3 unspecified atom stereocenters. The molecule has 0 saturated heterocycles. The first-order valence-electron chi connectivity index (χ1n) is 35.4. The van der Waals surface area contributed by atoms with Crippen molar-refractivity contribution in [3.8, 4) is 27.9 Å². The summed E-state index contributed by atoms with van der Waals surface area (Å²) in [5.41, 5.74) is 0.537. The predicted octanol–water partition coefficient (Wildman–Crippen LogP) is 22.0. The summed E-state index contributed by atoms with van der Waals surface area (Å²) < 4.78 is 98.6. The molecule has 9 rings (SSSR count). The Morgan fingerprint density at radius 1 is 0.602 bits per heavy atom. The van der Waals surface area contributed by atoms with Crippen LogP contribution in [0, 0.1) is 37.7 Å². The van der Waals surface area contributed by atoms with Gasteiger partial charge in [-0.25, -0.2) is 13.2 Å². The van der Waals surface area contributed by atoms with Crippen LogP contribution in [-0.4, -0.2) is 97.9 Å². The molecule has 1 heterocycles. The third-order valence-corrected chi connectivity index (χ3v) is 26.0. The number of benzene rings is 7. The molecule has 1 aromatic heterocycles. The molecule has 1 aliphatic rings. The van der Waals surface area contributed by atoms with E-state index >= 15 is 0 Å². The highest BCUT2D eigenvalue weighted by Crippen LogP contribution is 2.48. The first-order chi connectivity index (χ1) is 50.2. The van der Waals surface area contributed by atoms with Crippen molar-refractivity contribution in [2.75, 3.05) is 33.0 Å². The summed E-state index contributed by atoms with van der Waals surface area (Å²) in [7, 11) is -1.16. The Bertz CT molecular complexity index is 4220. The summed E-state index contributed by atoms with van der Waals surface area (Å²) in [4.78, 5) is 50.2. The molecule has 0 spiro atoms. The molecule has 0 amide bonds. The van der Waals surface area contributed by atoms with Crippen molar-refractivity contribution in [1.82, 2.24) is 0 Å². The zero-order valence-electron chi connectivity index (χ0n) is 64.1. The van der Waals surface area contributed by atoms with Gasteiger partial charge < -0.3 is 43.7 Å². The molecule has 1 saturated carbocycles. The summed E-state index contributed by atoms with van der Waals surface area (Å²) in [5.74, 6) is -2.20. The summed E-state index contributed by atoms with van der Waals surface area (Å²) in [5, 5.41) is 32.5. The number of phenols is 2. The molecule has 3 atom stereocenters. The molecule has 3 N–H and O–H groups in total. The molecule has 26 heteroatoms. The number of ether oxygens (including phenoxy) is 4. The van der Waals surface area contributed by atoms with Gasteiger partial charge in [0.25, 0.3) is 0 Å². The van der Waals surface area contributed by atoms with Gasteiger partial charge in [0.05, 0.1) is 62.5 Å². The zero-order chi connectivity index (χ0) is 81.9. The third-order valence-electron chi connectivity index (χ3n) is 18.2. The van der Waals surface area contributed by atoms with Crippen LogP contribution in [0.4, 0.5) is 13.2 Å². The van der Waals surface area contributed by atoms with E-state index in [1.165, 1.54) is 60.0 Å². The SMILES string of the molecule is CCC(C)(C)C(=O)OC1(C)CCCC1.CCC(C)(C)C(=O)OCC[NH+](C)C.CCC(C)(C)C(=O)Oc1cc(C(=O)OC(CS(=O)(=O)[O-])C(F)(F)F)ccc1I.CCC(C)c1cc(I)c(O)c(I)c1.CCC(C)c1ccc(O)cc1.[O-]c1c(I)cc(I)cc1I.c1ccc(-[s+]2c3ccccc3c3ccccc32)cc1. The van der Waals surface area contributed by atoms with E-state index in [0.29, 0.717) is 39.9 Å². The largest absolute Gasteiger partial charge is 0.871 e. The molecule has 0 aliphatic heterocycles. The Morgan fingerprint density at radius 2 is 1.06 bits per heavy atom. The molecule has 0 radical (unpaired) electrons. The lowest BCUT2D eigenvalue weighted by Gasteiger charge is -2.29. The van der Waals surface area contributed by atoms with Gasteiger partial charge in [-0.3, -0.25) is 14.4 Å². The Kier molecular flexibility index (Phi) is 41.7. The first-order valence-corrected chi connectivity index (χ1v) is 44.7. The van der Waals surface area contributed by atoms with E-state index in [-0.39, 0.29) is 50.3 Å². The lowest BCUT2D eigenvalue weighted by atomic mass is 9.90. The molecule has 594 valence electrons. The number of fused-ring (bicyclic) bond motifs is 3. The van der Waals surface area contributed by atoms with Crippen molar-refractivity contribution in [3.63, 3.8) is 0 Å². The number of halogens is 9. The number of hydrogen-bond donors (Lipinski definition) is 3. The summed E-state index contributed by atoms with van der Waals surface area (Å²) in [6.45, 7) is 29.0. The fourth-order valence-corrected chi connectivity index (χ4v) is 18.3. The average Bonchev–Trinajstić information content (AvgIpc) is 1.60. The zero-order valence-corrected chi connectivity index (χ0v) is 78.7. The van der Waals surface area contributed by atoms with Gasteiger partial charge in [-0.1, -0.05) is 109 Å². The number of rotatable bonds is 20. The van der Waals surface area contributed by atoms with Crippen molar-refractivity contribution in [2.24, 2.45) is 16.2 Å². The number of alkyl halides is 3. The number of thiophene rings is 1. The van der Waals surface area contributed by atoms with Gasteiger partial charge in [0.1, 0.15) is 36.0 Å². The Hall–Kier alpha value is -3.92. The fourth-order valence-electron chi connectivity index (χ4n) is 9.42. The van der Waals surface area contributed by atoms with E-state index in [9.17, 15) is 55.5 Å². The number of esters is 4. The van der Waals surface area contributed by atoms with E-state index in [0.717, 1.165) is 75.1 Å². The topological polar surface area (TPSA) is 230 Å². The number of hydrogen-bond acceptors (Lipinski definition) is 14. The molecule has 1 aliphatic carbocycles. The van der Waals surface area contributed by atoms with Gasteiger partial charge in [-0.2, -0.15) is 13.2 Å². The van der Waals surface area contributed by atoms with Crippen LogP contribution in [0.15, 0.2) is 146 Å². The fraction of sp³-hybridized carbons (Fsp3) is 0.439. The molecule has 0 bridgehead atoms. The summed E-state index contributed by atoms with van der Waals surface area (Å²) in [6.07, 6.45) is 0.457. The van der Waals surface area contributed by atoms with Gasteiger partial charge >= 0.3 is 30.1 Å². The molecular formula is C82H102F3I6NO14S2. The van der Waals surface area contributed by atoms with Crippen LogP contribution in [0.5, 0.6) is 23.0 Å². The van der Waals surface area contributed by atoms with E-state index in [4.69, 9.17) is 19.3 Å². The minimum absolute atomic E-state index is 0.0376. The van der Waals surface area contributed by atoms with Crippen LogP contribution in [-0.2, 0) is 38.7 Å². The number of likely N-dealkylation sites (N-methyl/N-ethyl adjacent to an activating group) is 1. The van der Waals surface area contributed by atoms with Gasteiger partial charge in [-0.05, 0) is 356 Å². The quantitative estimate of drug-likeness (QED) is 0.0161. The minimum atomic E-state index is -5.30. The molecule has 15 nitrogen and oxygen atoms in total. The number of phenolic OH excluding ortho intramolecular Hbond substituents is 2. The van der Waals surface area contributed by atoms with Crippen molar-refractivity contribution in [3.05, 3.63) is 184 Å². The summed E-state index contributed by atoms with van der Waals surface area (Å²) >= 11 is 12.4. The second kappa shape index (κ2) is 45.8. The van der Waals surface area contributed by atoms with Gasteiger partial charge in [0.2, 0.25) is 6.10 Å². The molecule has 108 heavy (non-hydrogen) atoms. The third kappa shape index (κ3) is 32.5. The van der Waals surface area contributed by atoms with Gasteiger partial charge in [-0.15, -0.1) is 0 Å². The number of quaternary nitrogens is 1. The van der Waals surface area contributed by atoms with E-state index < -0.39 is 51.1 Å². The molecular weight excluding hydrogens is 2110 g/mol. The molecule has 8 aromatic rings. The maximum Gasteiger partial charge on any atom is 0.426 e. The standard InChI is InChI=1S/C18H13S.C16H18F3IO7S.C12H22O2.C10H12I2O.C10H21NO2.C10H14O.C6H3I3O/c1-2-8-14(9-3-1)19-17-12-6-4-10-15(17)16-11-5-7-13-18(16)19;1-4-15(2,3)14(22)26-11-7-9(5-6-10(11)20)13(21)27-12(16(17,18)19)8-28(23,24)25;1-5-11(2,3)10(13)14-12(4)8-6-7-9-12;1-3-6(2)7-4-8(11)10(13)9(12)5-7;1-6-10(2,3)9(12)13-8-7-11(4)5;1-3-8(2)9-4-6-10(11)7-5-9;7-3-1-4(8)6(10)5(9)2-3/h1-13H;5-7,12H,4,8H2,1-3H3,(H,23,24,25);5-9H2,1-4H3;4-6,13H,3H2,1-2H3;6-8H2,1-5H3;4-8,11H,3H2,1-2H3;1-2,10H/q+1;;;;;;/p-1. The number of carbonyl (C=O) groups is 4. The van der Waals surface area contributed by atoms with E-state index in [1.807, 2.05) is 79.9 Å². The van der Waals surface area contributed by atoms with Crippen LogP contribution >= 0.6 is 146 Å². The second-order valence-electron chi connectivity index (χ2n) is 28.4. The number of carbonyl (C=O) groups excluding carboxylic acids is 4. The lowest BCUT2D eigenvalue weighted by molar-refractivity contribution is -0.858. The summed E-state index contributed by atoms with van der Waals surface area (Å²) in [6, 6.07) is 47.1. The molecule has 7 aromatic carbocycles. The van der Waals surface area contributed by atoms with Crippen molar-refractivity contribution < 1.29 is 84.5 Å².